The van der Waals surface area contributed by atoms with Gasteiger partial charge in [0.25, 0.3) is 5.91 Å². The third kappa shape index (κ3) is 4.47. The molecule has 26 heavy (non-hydrogen) atoms. The molecule has 1 unspecified atom stereocenters. The maximum Gasteiger partial charge on any atom is 0.324 e. The van der Waals surface area contributed by atoms with Crippen LogP contribution in [0.1, 0.15) is 12.0 Å². The molecular formula is C18H21N5O3. The number of rotatable bonds is 8. The Morgan fingerprint density at radius 2 is 1.96 bits per heavy atom. The van der Waals surface area contributed by atoms with Crippen molar-refractivity contribution in [2.75, 3.05) is 13.1 Å². The highest BCUT2D eigenvalue weighted by atomic mass is 16.2. The molecule has 1 aromatic carbocycles. The van der Waals surface area contributed by atoms with Crippen LogP contribution >= 0.6 is 0 Å². The van der Waals surface area contributed by atoms with Crippen LogP contribution < -0.4 is 10.6 Å². The molecule has 1 aromatic heterocycles. The Kier molecular flexibility index (Phi) is 5.62. The third-order valence-corrected chi connectivity index (χ3v) is 4.19. The van der Waals surface area contributed by atoms with Gasteiger partial charge in [0, 0.05) is 25.5 Å². The molecule has 2 heterocycles. The molecule has 8 heteroatoms. The van der Waals surface area contributed by atoms with Crippen LogP contribution in [0.4, 0.5) is 4.79 Å². The van der Waals surface area contributed by atoms with Crippen LogP contribution in [0, 0.1) is 0 Å². The first-order chi connectivity index (χ1) is 12.6. The van der Waals surface area contributed by atoms with E-state index in [2.05, 4.69) is 15.7 Å². The molecule has 0 spiro atoms. The molecule has 2 N–H and O–H groups in total. The Balaban J connectivity index is 1.44. The lowest BCUT2D eigenvalue weighted by atomic mass is 10.1. The Labute approximate surface area is 151 Å². The summed E-state index contributed by atoms with van der Waals surface area (Å²) in [7, 11) is 0. The number of hydrogen-bond donors (Lipinski definition) is 2. The quantitative estimate of drug-likeness (QED) is 0.676. The lowest BCUT2D eigenvalue weighted by Gasteiger charge is -2.13. The number of nitrogens with one attached hydrogen (secondary N) is 2. The Morgan fingerprint density at radius 1 is 1.15 bits per heavy atom. The van der Waals surface area contributed by atoms with E-state index < -0.39 is 12.1 Å². The summed E-state index contributed by atoms with van der Waals surface area (Å²) in [4.78, 5) is 37.6. The SMILES string of the molecule is O=C(CC1NC(=O)N(CCc2ccccc2)C1=O)NCCn1cccn1. The minimum Gasteiger partial charge on any atom is -0.354 e. The molecule has 0 aliphatic carbocycles. The second-order valence-corrected chi connectivity index (χ2v) is 6.05. The van der Waals surface area contributed by atoms with Crippen molar-refractivity contribution in [2.45, 2.75) is 25.4 Å². The zero-order valence-electron chi connectivity index (χ0n) is 14.3. The summed E-state index contributed by atoms with van der Waals surface area (Å²) in [6.07, 6.45) is 3.99. The van der Waals surface area contributed by atoms with E-state index in [1.807, 2.05) is 30.3 Å². The van der Waals surface area contributed by atoms with E-state index in [-0.39, 0.29) is 18.2 Å². The highest BCUT2D eigenvalue weighted by Gasteiger charge is 2.38. The first-order valence-corrected chi connectivity index (χ1v) is 8.53. The van der Waals surface area contributed by atoms with Gasteiger partial charge in [-0.2, -0.15) is 5.10 Å². The fourth-order valence-electron chi connectivity index (χ4n) is 2.81. The molecule has 136 valence electrons. The molecule has 1 atom stereocenters. The van der Waals surface area contributed by atoms with Crippen molar-refractivity contribution in [2.24, 2.45) is 0 Å². The monoisotopic (exact) mass is 355 g/mol. The van der Waals surface area contributed by atoms with Crippen molar-refractivity contribution < 1.29 is 14.4 Å². The van der Waals surface area contributed by atoms with Crippen molar-refractivity contribution in [3.05, 3.63) is 54.4 Å². The van der Waals surface area contributed by atoms with Gasteiger partial charge in [-0.15, -0.1) is 0 Å². The smallest absolute Gasteiger partial charge is 0.324 e. The number of imide groups is 1. The molecule has 1 fully saturated rings. The molecule has 2 aromatic rings. The first-order valence-electron chi connectivity index (χ1n) is 8.53. The van der Waals surface area contributed by atoms with Gasteiger partial charge in [0.2, 0.25) is 5.91 Å². The van der Waals surface area contributed by atoms with E-state index in [1.54, 1.807) is 23.1 Å². The minimum absolute atomic E-state index is 0.0640. The second-order valence-electron chi connectivity index (χ2n) is 6.05. The lowest BCUT2D eigenvalue weighted by Crippen LogP contribution is -2.37. The summed E-state index contributed by atoms with van der Waals surface area (Å²) < 4.78 is 1.70. The van der Waals surface area contributed by atoms with Crippen LogP contribution in [0.2, 0.25) is 0 Å². The van der Waals surface area contributed by atoms with Gasteiger partial charge in [-0.1, -0.05) is 30.3 Å². The number of carbonyl (C=O) groups excluding carboxylic acids is 3. The van der Waals surface area contributed by atoms with Gasteiger partial charge in [0.1, 0.15) is 6.04 Å². The molecule has 0 bridgehead atoms. The van der Waals surface area contributed by atoms with Crippen LogP contribution in [0.15, 0.2) is 48.8 Å². The molecular weight excluding hydrogens is 334 g/mol. The highest BCUT2D eigenvalue weighted by Crippen LogP contribution is 2.11. The van der Waals surface area contributed by atoms with Crippen LogP contribution in [-0.2, 0) is 22.6 Å². The standard InChI is InChI=1S/C18H21N5O3/c24-16(19-9-12-22-10-4-8-20-22)13-15-17(25)23(18(26)21-15)11-7-14-5-2-1-3-6-14/h1-6,8,10,15H,7,9,11-13H2,(H,19,24)(H,21,26). The molecule has 1 aliphatic rings. The minimum atomic E-state index is -0.803. The summed E-state index contributed by atoms with van der Waals surface area (Å²) in [6, 6.07) is 10.2. The normalized spacial score (nSPS) is 16.6. The maximum absolute atomic E-state index is 12.4. The molecule has 4 amide bonds. The fraction of sp³-hybridized carbons (Fsp3) is 0.333. The number of benzene rings is 1. The van der Waals surface area contributed by atoms with Gasteiger partial charge in [0.05, 0.1) is 13.0 Å². The van der Waals surface area contributed by atoms with E-state index in [0.717, 1.165) is 5.56 Å². The maximum atomic E-state index is 12.4. The van der Waals surface area contributed by atoms with E-state index in [9.17, 15) is 14.4 Å². The van der Waals surface area contributed by atoms with Crippen molar-refractivity contribution in [3.8, 4) is 0 Å². The van der Waals surface area contributed by atoms with Gasteiger partial charge in [-0.25, -0.2) is 4.79 Å². The number of urea groups is 1. The predicted molar refractivity (Wildman–Crippen MR) is 94.0 cm³/mol. The highest BCUT2D eigenvalue weighted by molar-refractivity contribution is 6.05. The molecule has 0 saturated carbocycles. The van der Waals surface area contributed by atoms with Crippen LogP contribution in [-0.4, -0.2) is 51.7 Å². The summed E-state index contributed by atoms with van der Waals surface area (Å²) in [5.74, 6) is -0.631. The average molecular weight is 355 g/mol. The largest absolute Gasteiger partial charge is 0.354 e. The number of amides is 4. The Hall–Kier alpha value is -3.16. The number of nitrogens with zero attached hydrogens (tertiary/aromatic N) is 3. The van der Waals surface area contributed by atoms with E-state index in [0.29, 0.717) is 26.1 Å². The van der Waals surface area contributed by atoms with Crippen molar-refractivity contribution in [1.82, 2.24) is 25.3 Å². The zero-order chi connectivity index (χ0) is 18.4. The van der Waals surface area contributed by atoms with E-state index >= 15 is 0 Å². The van der Waals surface area contributed by atoms with Crippen molar-refractivity contribution in [1.29, 1.82) is 0 Å². The summed E-state index contributed by atoms with van der Waals surface area (Å²) in [5, 5.41) is 9.36. The zero-order valence-corrected chi connectivity index (χ0v) is 14.3. The summed E-state index contributed by atoms with van der Waals surface area (Å²) in [6.45, 7) is 1.26. The number of hydrogen-bond acceptors (Lipinski definition) is 4. The van der Waals surface area contributed by atoms with Gasteiger partial charge in [-0.3, -0.25) is 19.2 Å². The van der Waals surface area contributed by atoms with Crippen LogP contribution in [0.5, 0.6) is 0 Å². The first kappa shape index (κ1) is 17.7. The Bertz CT molecular complexity index is 760. The summed E-state index contributed by atoms with van der Waals surface area (Å²) >= 11 is 0. The van der Waals surface area contributed by atoms with Crippen molar-refractivity contribution >= 4 is 17.8 Å². The van der Waals surface area contributed by atoms with E-state index in [4.69, 9.17) is 0 Å². The lowest BCUT2D eigenvalue weighted by molar-refractivity contribution is -0.130. The van der Waals surface area contributed by atoms with Crippen LogP contribution in [0.25, 0.3) is 0 Å². The molecule has 8 nitrogen and oxygen atoms in total. The molecule has 0 radical (unpaired) electrons. The van der Waals surface area contributed by atoms with Gasteiger partial charge < -0.3 is 10.6 Å². The van der Waals surface area contributed by atoms with E-state index in [1.165, 1.54) is 4.90 Å². The number of carbonyl (C=O) groups is 3. The topological polar surface area (TPSA) is 96.3 Å². The summed E-state index contributed by atoms with van der Waals surface area (Å²) in [5.41, 5.74) is 1.05. The average Bonchev–Trinajstić information content (AvgIpc) is 3.23. The molecule has 3 rings (SSSR count). The molecule has 1 saturated heterocycles. The molecule has 1 aliphatic heterocycles. The second kappa shape index (κ2) is 8.28. The third-order valence-electron chi connectivity index (χ3n) is 4.19. The van der Waals surface area contributed by atoms with Gasteiger partial charge >= 0.3 is 6.03 Å². The van der Waals surface area contributed by atoms with Crippen molar-refractivity contribution in [3.63, 3.8) is 0 Å². The number of aromatic nitrogens is 2. The van der Waals surface area contributed by atoms with Gasteiger partial charge in [0.15, 0.2) is 0 Å². The predicted octanol–water partition coefficient (Wildman–Crippen LogP) is 0.552. The van der Waals surface area contributed by atoms with Crippen LogP contribution in [0.3, 0.4) is 0 Å². The van der Waals surface area contributed by atoms with Gasteiger partial charge in [-0.05, 0) is 18.1 Å². The fourth-order valence-corrected chi connectivity index (χ4v) is 2.81. The Morgan fingerprint density at radius 3 is 2.69 bits per heavy atom.